The molecular formula is C25H31N3O7. The number of nitro groups is 1. The second kappa shape index (κ2) is 9.91. The number of carbonyl (C=O) groups excluding carboxylic acids is 2. The van der Waals surface area contributed by atoms with Crippen molar-refractivity contribution in [3.05, 3.63) is 64.2 Å². The van der Waals surface area contributed by atoms with E-state index >= 15 is 0 Å². The van der Waals surface area contributed by atoms with E-state index in [1.165, 1.54) is 17.0 Å². The summed E-state index contributed by atoms with van der Waals surface area (Å²) in [4.78, 5) is 38.0. The van der Waals surface area contributed by atoms with Crippen molar-refractivity contribution in [2.24, 2.45) is 0 Å². The molecule has 188 valence electrons. The molecule has 2 atom stereocenters. The molecule has 1 saturated heterocycles. The first-order valence-electron chi connectivity index (χ1n) is 11.2. The number of hydrogen-bond donors (Lipinski definition) is 1. The summed E-state index contributed by atoms with van der Waals surface area (Å²) in [5.41, 5.74) is -0.639. The third kappa shape index (κ3) is 6.27. The first-order chi connectivity index (χ1) is 16.3. The Morgan fingerprint density at radius 3 is 2.29 bits per heavy atom. The lowest BCUT2D eigenvalue weighted by Crippen LogP contribution is -2.62. The summed E-state index contributed by atoms with van der Waals surface area (Å²) in [7, 11) is 1.56. The monoisotopic (exact) mass is 485 g/mol. The number of methoxy groups -OCH3 is 1. The fraction of sp³-hybridized carbons (Fsp3) is 0.440. The molecule has 3 rings (SSSR count). The van der Waals surface area contributed by atoms with Gasteiger partial charge in [0.1, 0.15) is 23.2 Å². The predicted octanol–water partition coefficient (Wildman–Crippen LogP) is 4.70. The minimum Gasteiger partial charge on any atom is -0.497 e. The number of benzene rings is 2. The molecule has 2 aromatic carbocycles. The molecular weight excluding hydrogens is 454 g/mol. The minimum atomic E-state index is -1.15. The number of nitrogens with zero attached hydrogens (tertiary/aromatic N) is 2. The second-order valence-electron chi connectivity index (χ2n) is 9.72. The van der Waals surface area contributed by atoms with Gasteiger partial charge in [-0.05, 0) is 64.4 Å². The van der Waals surface area contributed by atoms with Crippen molar-refractivity contribution in [3.63, 3.8) is 0 Å². The average molecular weight is 486 g/mol. The SMILES string of the molecule is COc1ccc(N[C@H](c2ccc([N+](=O)[O-])cc2)[C@@H]2OC(C)(C)N(C(=O)OC(C)(C)C)CC2=O)cc1. The highest BCUT2D eigenvalue weighted by Gasteiger charge is 2.47. The van der Waals surface area contributed by atoms with Crippen LogP contribution in [0.1, 0.15) is 46.2 Å². The largest absolute Gasteiger partial charge is 0.497 e. The number of nitro benzene ring substituents is 1. The Hall–Kier alpha value is -3.66. The molecule has 1 N–H and O–H groups in total. The Kier molecular flexibility index (Phi) is 7.35. The highest BCUT2D eigenvalue weighted by atomic mass is 16.6. The summed E-state index contributed by atoms with van der Waals surface area (Å²) < 4.78 is 16.9. The summed E-state index contributed by atoms with van der Waals surface area (Å²) >= 11 is 0. The van der Waals surface area contributed by atoms with Gasteiger partial charge < -0.3 is 19.5 Å². The van der Waals surface area contributed by atoms with Crippen LogP contribution < -0.4 is 10.1 Å². The Morgan fingerprint density at radius 2 is 1.77 bits per heavy atom. The quantitative estimate of drug-likeness (QED) is 0.462. The third-order valence-electron chi connectivity index (χ3n) is 5.49. The number of carbonyl (C=O) groups is 2. The number of rotatable bonds is 6. The number of ketones is 1. The zero-order chi connectivity index (χ0) is 26.0. The smallest absolute Gasteiger partial charge is 0.412 e. The molecule has 1 aliphatic rings. The van der Waals surface area contributed by atoms with Gasteiger partial charge in [0, 0.05) is 17.8 Å². The molecule has 10 nitrogen and oxygen atoms in total. The number of hydrogen-bond acceptors (Lipinski definition) is 8. The highest BCUT2D eigenvalue weighted by molar-refractivity contribution is 5.90. The lowest BCUT2D eigenvalue weighted by Gasteiger charge is -2.46. The molecule has 0 saturated carbocycles. The van der Waals surface area contributed by atoms with Crippen LogP contribution in [0.2, 0.25) is 0 Å². The van der Waals surface area contributed by atoms with Gasteiger partial charge >= 0.3 is 6.09 Å². The van der Waals surface area contributed by atoms with Crippen molar-refractivity contribution in [3.8, 4) is 5.75 Å². The fourth-order valence-corrected chi connectivity index (χ4v) is 3.74. The van der Waals surface area contributed by atoms with Crippen LogP contribution in [0.5, 0.6) is 5.75 Å². The fourth-order valence-electron chi connectivity index (χ4n) is 3.74. The lowest BCUT2D eigenvalue weighted by atomic mass is 9.94. The maximum atomic E-state index is 13.3. The molecule has 1 fully saturated rings. The predicted molar refractivity (Wildman–Crippen MR) is 129 cm³/mol. The number of nitrogens with one attached hydrogen (secondary N) is 1. The molecule has 35 heavy (non-hydrogen) atoms. The van der Waals surface area contributed by atoms with Gasteiger partial charge in [-0.2, -0.15) is 0 Å². The van der Waals surface area contributed by atoms with Gasteiger partial charge in [0.25, 0.3) is 5.69 Å². The standard InChI is InChI=1S/C25H31N3O7/c1-24(2,3)35-23(30)27-15-20(29)22(34-25(27,4)5)21(16-7-11-18(12-8-16)28(31)32)26-17-9-13-19(33-6)14-10-17/h7-14,21-22,26H,15H2,1-6H3/t21-,22-/m1/s1. The number of Topliss-reactive ketones (excluding diaryl/α,β-unsaturated/α-hetero) is 1. The van der Waals surface area contributed by atoms with Gasteiger partial charge in [0.05, 0.1) is 24.6 Å². The lowest BCUT2D eigenvalue weighted by molar-refractivity contribution is -0.384. The minimum absolute atomic E-state index is 0.0655. The van der Waals surface area contributed by atoms with E-state index in [-0.39, 0.29) is 18.0 Å². The van der Waals surface area contributed by atoms with Crippen molar-refractivity contribution < 1.29 is 28.7 Å². The van der Waals surface area contributed by atoms with Gasteiger partial charge in [-0.1, -0.05) is 12.1 Å². The summed E-state index contributed by atoms with van der Waals surface area (Å²) in [6, 6.07) is 12.4. The Balaban J connectivity index is 1.93. The van der Waals surface area contributed by atoms with Crippen molar-refractivity contribution in [1.82, 2.24) is 4.90 Å². The second-order valence-corrected chi connectivity index (χ2v) is 9.72. The molecule has 0 aliphatic carbocycles. The Bertz CT molecular complexity index is 1080. The summed E-state index contributed by atoms with van der Waals surface area (Å²) in [5.74, 6) is 0.334. The van der Waals surface area contributed by atoms with E-state index in [4.69, 9.17) is 14.2 Å². The summed E-state index contributed by atoms with van der Waals surface area (Å²) in [5, 5.41) is 14.4. The van der Waals surface area contributed by atoms with Crippen LogP contribution in [-0.4, -0.2) is 52.8 Å². The number of amides is 1. The van der Waals surface area contributed by atoms with E-state index in [2.05, 4.69) is 5.32 Å². The van der Waals surface area contributed by atoms with E-state index in [1.54, 1.807) is 78.1 Å². The summed E-state index contributed by atoms with van der Waals surface area (Å²) in [6.07, 6.45) is -1.63. The van der Waals surface area contributed by atoms with Crippen LogP contribution in [-0.2, 0) is 14.3 Å². The molecule has 0 aromatic heterocycles. The maximum Gasteiger partial charge on any atom is 0.412 e. The molecule has 1 heterocycles. The zero-order valence-corrected chi connectivity index (χ0v) is 20.7. The van der Waals surface area contributed by atoms with Crippen LogP contribution in [0.15, 0.2) is 48.5 Å². The van der Waals surface area contributed by atoms with Gasteiger partial charge in [-0.25, -0.2) is 4.79 Å². The van der Waals surface area contributed by atoms with Crippen molar-refractivity contribution in [1.29, 1.82) is 0 Å². The molecule has 1 aliphatic heterocycles. The number of anilines is 1. The average Bonchev–Trinajstić information content (AvgIpc) is 2.78. The first-order valence-corrected chi connectivity index (χ1v) is 11.2. The van der Waals surface area contributed by atoms with Crippen LogP contribution in [0, 0.1) is 10.1 Å². The van der Waals surface area contributed by atoms with Gasteiger partial charge in [-0.15, -0.1) is 0 Å². The zero-order valence-electron chi connectivity index (χ0n) is 20.7. The molecule has 0 unspecified atom stereocenters. The van der Waals surface area contributed by atoms with Gasteiger partial charge in [0.15, 0.2) is 5.78 Å². The molecule has 0 spiro atoms. The van der Waals surface area contributed by atoms with E-state index in [9.17, 15) is 19.7 Å². The molecule has 1 amide bonds. The van der Waals surface area contributed by atoms with Gasteiger partial charge in [0.2, 0.25) is 0 Å². The van der Waals surface area contributed by atoms with Gasteiger partial charge in [-0.3, -0.25) is 19.8 Å². The maximum absolute atomic E-state index is 13.3. The molecule has 2 aromatic rings. The topological polar surface area (TPSA) is 120 Å². The van der Waals surface area contributed by atoms with Crippen LogP contribution >= 0.6 is 0 Å². The van der Waals surface area contributed by atoms with E-state index in [0.717, 1.165) is 0 Å². The molecule has 0 radical (unpaired) electrons. The Morgan fingerprint density at radius 1 is 1.17 bits per heavy atom. The van der Waals surface area contributed by atoms with Crippen molar-refractivity contribution >= 4 is 23.3 Å². The Labute approximate surface area is 204 Å². The number of non-ortho nitro benzene ring substituents is 1. The number of ether oxygens (including phenoxy) is 3. The van der Waals surface area contributed by atoms with Crippen LogP contribution in [0.25, 0.3) is 0 Å². The molecule has 10 heteroatoms. The highest BCUT2D eigenvalue weighted by Crippen LogP contribution is 2.35. The van der Waals surface area contributed by atoms with E-state index in [1.807, 2.05) is 0 Å². The van der Waals surface area contributed by atoms with Crippen LogP contribution in [0.4, 0.5) is 16.2 Å². The van der Waals surface area contributed by atoms with Crippen LogP contribution in [0.3, 0.4) is 0 Å². The van der Waals surface area contributed by atoms with E-state index in [0.29, 0.717) is 17.0 Å². The summed E-state index contributed by atoms with van der Waals surface area (Å²) in [6.45, 7) is 8.41. The normalized spacial score (nSPS) is 18.5. The van der Waals surface area contributed by atoms with Crippen molar-refractivity contribution in [2.75, 3.05) is 19.0 Å². The molecule has 0 bridgehead atoms. The van der Waals surface area contributed by atoms with E-state index < -0.39 is 34.5 Å². The van der Waals surface area contributed by atoms with Crippen molar-refractivity contribution in [2.45, 2.75) is 58.1 Å². The first kappa shape index (κ1) is 26.0. The third-order valence-corrected chi connectivity index (χ3v) is 5.49.